The van der Waals surface area contributed by atoms with Crippen molar-refractivity contribution in [2.45, 2.75) is 26.7 Å². The quantitative estimate of drug-likeness (QED) is 0.627. The molecule has 2 heteroatoms. The van der Waals surface area contributed by atoms with Crippen LogP contribution in [0.4, 0.5) is 4.39 Å². The molecule has 0 aromatic rings. The first-order valence-corrected chi connectivity index (χ1v) is 4.82. The topological polar surface area (TPSA) is 0 Å². The Morgan fingerprint density at radius 2 is 2.17 bits per heavy atom. The summed E-state index contributed by atoms with van der Waals surface area (Å²) >= 11 is 3.35. The number of hydrogen-bond donors (Lipinski definition) is 0. The summed E-state index contributed by atoms with van der Waals surface area (Å²) in [5.74, 6) is -0.179. The number of halogens is 2. The SMILES string of the molecule is CCC/C=C(Br)/C=C\C=C(/C)F. The highest BCUT2D eigenvalue weighted by Gasteiger charge is 1.82. The summed E-state index contributed by atoms with van der Waals surface area (Å²) in [6.45, 7) is 3.54. The molecule has 0 heterocycles. The monoisotopic (exact) mass is 232 g/mol. The minimum atomic E-state index is -0.179. The zero-order chi connectivity index (χ0) is 9.40. The zero-order valence-electron chi connectivity index (χ0n) is 7.48. The Hall–Kier alpha value is -0.370. The van der Waals surface area contributed by atoms with Crippen molar-refractivity contribution in [2.75, 3.05) is 0 Å². The molecule has 0 atom stereocenters. The van der Waals surface area contributed by atoms with Crippen molar-refractivity contribution in [1.82, 2.24) is 0 Å². The van der Waals surface area contributed by atoms with Crippen LogP contribution in [0, 0.1) is 0 Å². The van der Waals surface area contributed by atoms with Gasteiger partial charge < -0.3 is 0 Å². The molecule has 0 fully saturated rings. The lowest BCUT2D eigenvalue weighted by molar-refractivity contribution is 0.640. The highest BCUT2D eigenvalue weighted by Crippen LogP contribution is 2.09. The number of unbranched alkanes of at least 4 members (excludes halogenated alkanes) is 1. The van der Waals surface area contributed by atoms with Gasteiger partial charge in [0.15, 0.2) is 0 Å². The minimum absolute atomic E-state index is 0.179. The van der Waals surface area contributed by atoms with Gasteiger partial charge in [0.1, 0.15) is 0 Å². The molecule has 0 aliphatic carbocycles. The maximum absolute atomic E-state index is 12.2. The molecule has 12 heavy (non-hydrogen) atoms. The lowest BCUT2D eigenvalue weighted by Gasteiger charge is -1.87. The summed E-state index contributed by atoms with van der Waals surface area (Å²) in [7, 11) is 0. The Labute approximate surface area is 82.0 Å². The van der Waals surface area contributed by atoms with Gasteiger partial charge in [-0.2, -0.15) is 0 Å². The Morgan fingerprint density at radius 1 is 1.50 bits per heavy atom. The average molecular weight is 233 g/mol. The van der Waals surface area contributed by atoms with Crippen LogP contribution in [0.2, 0.25) is 0 Å². The molecular weight excluding hydrogens is 219 g/mol. The van der Waals surface area contributed by atoms with Crippen molar-refractivity contribution in [1.29, 1.82) is 0 Å². The third-order valence-electron chi connectivity index (χ3n) is 1.21. The standard InChI is InChI=1S/C10H14BrF/c1-3-4-7-10(11)8-5-6-9(2)12/h5-8H,3-4H2,1-2H3/b8-5-,9-6+,10-7-. The van der Waals surface area contributed by atoms with Crippen molar-refractivity contribution < 1.29 is 4.39 Å². The van der Waals surface area contributed by atoms with Crippen LogP contribution in [-0.4, -0.2) is 0 Å². The third-order valence-corrected chi connectivity index (χ3v) is 1.80. The highest BCUT2D eigenvalue weighted by atomic mass is 79.9. The maximum Gasteiger partial charge on any atom is 0.0968 e. The molecular formula is C10H14BrF. The van der Waals surface area contributed by atoms with Crippen LogP contribution in [0.15, 0.2) is 34.6 Å². The summed E-state index contributed by atoms with van der Waals surface area (Å²) in [5, 5.41) is 0. The third kappa shape index (κ3) is 7.73. The van der Waals surface area contributed by atoms with Gasteiger partial charge in [-0.15, -0.1) is 0 Å². The van der Waals surface area contributed by atoms with E-state index in [1.807, 2.05) is 6.08 Å². The molecule has 0 rings (SSSR count). The predicted molar refractivity (Wildman–Crippen MR) is 55.9 cm³/mol. The van der Waals surface area contributed by atoms with Gasteiger partial charge in [0, 0.05) is 4.48 Å². The second-order valence-electron chi connectivity index (χ2n) is 2.49. The van der Waals surface area contributed by atoms with Gasteiger partial charge in [0.25, 0.3) is 0 Å². The molecule has 0 radical (unpaired) electrons. The summed E-state index contributed by atoms with van der Waals surface area (Å²) in [4.78, 5) is 0. The van der Waals surface area contributed by atoms with Crippen LogP contribution in [0.5, 0.6) is 0 Å². The lowest BCUT2D eigenvalue weighted by Crippen LogP contribution is -1.65. The van der Waals surface area contributed by atoms with Crippen molar-refractivity contribution >= 4 is 15.9 Å². The maximum atomic E-state index is 12.2. The van der Waals surface area contributed by atoms with Crippen LogP contribution >= 0.6 is 15.9 Å². The number of hydrogen-bond acceptors (Lipinski definition) is 0. The Bertz CT molecular complexity index is 198. The molecule has 0 bridgehead atoms. The summed E-state index contributed by atoms with van der Waals surface area (Å²) in [6, 6.07) is 0. The van der Waals surface area contributed by atoms with E-state index in [-0.39, 0.29) is 5.83 Å². The van der Waals surface area contributed by atoms with Crippen LogP contribution in [0.3, 0.4) is 0 Å². The average Bonchev–Trinajstić information content (AvgIpc) is 2.00. The van der Waals surface area contributed by atoms with E-state index in [4.69, 9.17) is 0 Å². The first-order valence-electron chi connectivity index (χ1n) is 4.03. The Morgan fingerprint density at radius 3 is 2.67 bits per heavy atom. The van der Waals surface area contributed by atoms with Gasteiger partial charge in [-0.3, -0.25) is 0 Å². The second kappa shape index (κ2) is 7.29. The fourth-order valence-corrected chi connectivity index (χ4v) is 1.00. The van der Waals surface area contributed by atoms with E-state index >= 15 is 0 Å². The van der Waals surface area contributed by atoms with Gasteiger partial charge in [-0.05, 0) is 25.5 Å². The van der Waals surface area contributed by atoms with Gasteiger partial charge >= 0.3 is 0 Å². The molecule has 0 N–H and O–H groups in total. The van der Waals surface area contributed by atoms with Crippen LogP contribution in [-0.2, 0) is 0 Å². The first kappa shape index (κ1) is 11.6. The Balaban J connectivity index is 3.90. The molecule has 0 nitrogen and oxygen atoms in total. The molecule has 0 aliphatic rings. The molecule has 0 unspecified atom stereocenters. The molecule has 0 amide bonds. The van der Waals surface area contributed by atoms with Gasteiger partial charge in [-0.25, -0.2) is 4.39 Å². The van der Waals surface area contributed by atoms with E-state index in [0.717, 1.165) is 17.3 Å². The summed E-state index contributed by atoms with van der Waals surface area (Å²) in [6.07, 6.45) is 9.19. The zero-order valence-corrected chi connectivity index (χ0v) is 9.07. The first-order chi connectivity index (χ1) is 5.66. The van der Waals surface area contributed by atoms with E-state index < -0.39 is 0 Å². The fraction of sp³-hybridized carbons (Fsp3) is 0.400. The van der Waals surface area contributed by atoms with E-state index in [1.165, 1.54) is 13.0 Å². The summed E-state index contributed by atoms with van der Waals surface area (Å²) < 4.78 is 13.2. The summed E-state index contributed by atoms with van der Waals surface area (Å²) in [5.41, 5.74) is 0. The highest BCUT2D eigenvalue weighted by molar-refractivity contribution is 9.11. The smallest absolute Gasteiger partial charge is 0.0968 e. The molecule has 0 aromatic heterocycles. The van der Waals surface area contributed by atoms with Crippen molar-refractivity contribution in [2.24, 2.45) is 0 Å². The van der Waals surface area contributed by atoms with Crippen LogP contribution < -0.4 is 0 Å². The number of allylic oxidation sites excluding steroid dienone is 6. The Kier molecular flexibility index (Phi) is 7.06. The second-order valence-corrected chi connectivity index (χ2v) is 3.41. The van der Waals surface area contributed by atoms with E-state index in [9.17, 15) is 4.39 Å². The normalized spacial score (nSPS) is 14.3. The molecule has 0 spiro atoms. The fourth-order valence-electron chi connectivity index (χ4n) is 0.623. The van der Waals surface area contributed by atoms with Gasteiger partial charge in [0.05, 0.1) is 5.83 Å². The van der Waals surface area contributed by atoms with E-state index in [0.29, 0.717) is 0 Å². The van der Waals surface area contributed by atoms with Crippen molar-refractivity contribution in [3.05, 3.63) is 34.6 Å². The van der Waals surface area contributed by atoms with Gasteiger partial charge in [0.2, 0.25) is 0 Å². The molecule has 68 valence electrons. The lowest BCUT2D eigenvalue weighted by atomic mass is 10.3. The van der Waals surface area contributed by atoms with E-state index in [2.05, 4.69) is 28.9 Å². The molecule has 0 saturated heterocycles. The van der Waals surface area contributed by atoms with Crippen molar-refractivity contribution in [3.63, 3.8) is 0 Å². The molecule has 0 saturated carbocycles. The molecule has 0 aliphatic heterocycles. The molecule has 0 aromatic carbocycles. The van der Waals surface area contributed by atoms with E-state index in [1.54, 1.807) is 6.08 Å². The number of rotatable bonds is 4. The van der Waals surface area contributed by atoms with Crippen molar-refractivity contribution in [3.8, 4) is 0 Å². The minimum Gasteiger partial charge on any atom is -0.212 e. The van der Waals surface area contributed by atoms with Gasteiger partial charge in [-0.1, -0.05) is 41.4 Å². The van der Waals surface area contributed by atoms with Crippen LogP contribution in [0.1, 0.15) is 26.7 Å². The predicted octanol–water partition coefficient (Wildman–Crippen LogP) is 4.49. The van der Waals surface area contributed by atoms with Crippen LogP contribution in [0.25, 0.3) is 0 Å². The largest absolute Gasteiger partial charge is 0.212 e.